The van der Waals surface area contributed by atoms with Gasteiger partial charge in [-0.2, -0.15) is 5.10 Å². The van der Waals surface area contributed by atoms with Crippen LogP contribution in [0.3, 0.4) is 0 Å². The molecular formula is C13H15ClN2. The van der Waals surface area contributed by atoms with E-state index in [0.717, 1.165) is 16.9 Å². The van der Waals surface area contributed by atoms with Crippen molar-refractivity contribution >= 4 is 11.6 Å². The number of aromatic nitrogens is 2. The van der Waals surface area contributed by atoms with Gasteiger partial charge >= 0.3 is 0 Å². The van der Waals surface area contributed by atoms with Crippen molar-refractivity contribution in [2.45, 2.75) is 26.1 Å². The molecule has 1 aromatic carbocycles. The molecule has 3 heteroatoms. The van der Waals surface area contributed by atoms with Crippen LogP contribution in [0, 0.1) is 13.8 Å². The van der Waals surface area contributed by atoms with Gasteiger partial charge in [0.1, 0.15) is 0 Å². The molecule has 0 aliphatic carbocycles. The number of benzene rings is 1. The van der Waals surface area contributed by atoms with Gasteiger partial charge in [0.2, 0.25) is 0 Å². The van der Waals surface area contributed by atoms with E-state index in [1.807, 2.05) is 36.9 Å². The van der Waals surface area contributed by atoms with Gasteiger partial charge in [-0.3, -0.25) is 0 Å². The number of para-hydroxylation sites is 1. The topological polar surface area (TPSA) is 17.8 Å². The van der Waals surface area contributed by atoms with Gasteiger partial charge in [-0.1, -0.05) is 18.2 Å². The van der Waals surface area contributed by atoms with Gasteiger partial charge in [0.15, 0.2) is 0 Å². The lowest BCUT2D eigenvalue weighted by Crippen LogP contribution is -2.01. The fourth-order valence-electron chi connectivity index (χ4n) is 1.86. The van der Waals surface area contributed by atoms with Crippen LogP contribution < -0.4 is 0 Å². The Morgan fingerprint density at radius 1 is 1.25 bits per heavy atom. The van der Waals surface area contributed by atoms with Crippen LogP contribution in [-0.4, -0.2) is 9.78 Å². The first-order valence-electron chi connectivity index (χ1n) is 5.36. The molecule has 0 saturated carbocycles. The zero-order chi connectivity index (χ0) is 11.7. The maximum Gasteiger partial charge on any atom is 0.0677 e. The first kappa shape index (κ1) is 11.2. The Bertz CT molecular complexity index is 500. The van der Waals surface area contributed by atoms with Crippen LogP contribution in [0.2, 0.25) is 0 Å². The Morgan fingerprint density at radius 2 is 1.94 bits per heavy atom. The summed E-state index contributed by atoms with van der Waals surface area (Å²) in [5.74, 6) is 0. The Hall–Kier alpha value is -1.28. The SMILES string of the molecule is Cc1ccccc1-n1ncc(C(C)Cl)c1C. The molecular weight excluding hydrogens is 220 g/mol. The van der Waals surface area contributed by atoms with E-state index in [4.69, 9.17) is 11.6 Å². The average Bonchev–Trinajstić information content (AvgIpc) is 2.61. The molecule has 0 radical (unpaired) electrons. The molecule has 2 aromatic rings. The lowest BCUT2D eigenvalue weighted by atomic mass is 10.2. The lowest BCUT2D eigenvalue weighted by molar-refractivity contribution is 0.836. The molecule has 0 amide bonds. The van der Waals surface area contributed by atoms with E-state index in [2.05, 4.69) is 24.2 Å². The van der Waals surface area contributed by atoms with Crippen LogP contribution in [0.5, 0.6) is 0 Å². The Balaban J connectivity index is 2.54. The van der Waals surface area contributed by atoms with Crippen molar-refractivity contribution < 1.29 is 0 Å². The molecule has 0 N–H and O–H groups in total. The van der Waals surface area contributed by atoms with Crippen molar-refractivity contribution in [1.29, 1.82) is 0 Å². The quantitative estimate of drug-likeness (QED) is 0.723. The molecule has 0 aliphatic heterocycles. The second kappa shape index (κ2) is 4.30. The Morgan fingerprint density at radius 3 is 2.50 bits per heavy atom. The molecule has 0 fully saturated rings. The average molecular weight is 235 g/mol. The van der Waals surface area contributed by atoms with E-state index in [9.17, 15) is 0 Å². The molecule has 0 aliphatic rings. The van der Waals surface area contributed by atoms with Crippen LogP contribution >= 0.6 is 11.6 Å². The van der Waals surface area contributed by atoms with Gasteiger partial charge in [0, 0.05) is 11.3 Å². The van der Waals surface area contributed by atoms with Gasteiger partial charge in [0.05, 0.1) is 17.3 Å². The summed E-state index contributed by atoms with van der Waals surface area (Å²) in [5.41, 5.74) is 4.52. The molecule has 0 saturated heterocycles. The third-order valence-electron chi connectivity index (χ3n) is 2.82. The van der Waals surface area contributed by atoms with E-state index in [1.54, 1.807) is 0 Å². The van der Waals surface area contributed by atoms with Crippen molar-refractivity contribution in [3.05, 3.63) is 47.3 Å². The number of nitrogens with zero attached hydrogens (tertiary/aromatic N) is 2. The monoisotopic (exact) mass is 234 g/mol. The number of alkyl halides is 1. The van der Waals surface area contributed by atoms with E-state index in [-0.39, 0.29) is 5.38 Å². The number of aryl methyl sites for hydroxylation is 1. The minimum absolute atomic E-state index is 0.00207. The molecule has 2 nitrogen and oxygen atoms in total. The molecule has 0 bridgehead atoms. The summed E-state index contributed by atoms with van der Waals surface area (Å²) in [6.07, 6.45) is 1.85. The van der Waals surface area contributed by atoms with Gasteiger partial charge in [-0.05, 0) is 32.4 Å². The first-order valence-corrected chi connectivity index (χ1v) is 5.79. The second-order valence-electron chi connectivity index (χ2n) is 4.00. The number of halogens is 1. The highest BCUT2D eigenvalue weighted by Gasteiger charge is 2.12. The van der Waals surface area contributed by atoms with Crippen molar-refractivity contribution in [3.8, 4) is 5.69 Å². The van der Waals surface area contributed by atoms with E-state index in [1.165, 1.54) is 5.56 Å². The summed E-state index contributed by atoms with van der Waals surface area (Å²) < 4.78 is 1.95. The summed E-state index contributed by atoms with van der Waals surface area (Å²) in [4.78, 5) is 0. The van der Waals surface area contributed by atoms with Crippen LogP contribution in [0.25, 0.3) is 5.69 Å². The highest BCUT2D eigenvalue weighted by molar-refractivity contribution is 6.20. The van der Waals surface area contributed by atoms with Crippen molar-refractivity contribution in [2.24, 2.45) is 0 Å². The molecule has 1 heterocycles. The fourth-order valence-corrected chi connectivity index (χ4v) is 2.07. The molecule has 0 spiro atoms. The molecule has 84 valence electrons. The Kier molecular flexibility index (Phi) is 3.01. The predicted molar refractivity (Wildman–Crippen MR) is 67.3 cm³/mol. The summed E-state index contributed by atoms with van der Waals surface area (Å²) in [7, 11) is 0. The smallest absolute Gasteiger partial charge is 0.0677 e. The van der Waals surface area contributed by atoms with Crippen LogP contribution in [0.15, 0.2) is 30.5 Å². The maximum absolute atomic E-state index is 6.10. The van der Waals surface area contributed by atoms with E-state index >= 15 is 0 Å². The maximum atomic E-state index is 6.10. The predicted octanol–water partition coefficient (Wildman–Crippen LogP) is 3.79. The first-order chi connectivity index (χ1) is 7.61. The standard InChI is InChI=1S/C13H15ClN2/c1-9-6-4-5-7-13(9)16-11(3)12(8-15-16)10(2)14/h4-8,10H,1-3H3. The zero-order valence-corrected chi connectivity index (χ0v) is 10.5. The highest BCUT2D eigenvalue weighted by Crippen LogP contribution is 2.25. The third kappa shape index (κ3) is 1.85. The van der Waals surface area contributed by atoms with Crippen LogP contribution in [-0.2, 0) is 0 Å². The van der Waals surface area contributed by atoms with Gasteiger partial charge in [-0.25, -0.2) is 4.68 Å². The molecule has 16 heavy (non-hydrogen) atoms. The fraction of sp³-hybridized carbons (Fsp3) is 0.308. The highest BCUT2D eigenvalue weighted by atomic mass is 35.5. The van der Waals surface area contributed by atoms with Crippen molar-refractivity contribution in [3.63, 3.8) is 0 Å². The lowest BCUT2D eigenvalue weighted by Gasteiger charge is -2.09. The van der Waals surface area contributed by atoms with Crippen molar-refractivity contribution in [1.82, 2.24) is 9.78 Å². The van der Waals surface area contributed by atoms with Crippen LogP contribution in [0.4, 0.5) is 0 Å². The minimum atomic E-state index is -0.00207. The number of hydrogen-bond acceptors (Lipinski definition) is 1. The van der Waals surface area contributed by atoms with Crippen LogP contribution in [0.1, 0.15) is 29.1 Å². The summed E-state index contributed by atoms with van der Waals surface area (Å²) in [5, 5.41) is 4.40. The number of hydrogen-bond donors (Lipinski definition) is 0. The normalized spacial score (nSPS) is 12.8. The van der Waals surface area contributed by atoms with Crippen molar-refractivity contribution in [2.75, 3.05) is 0 Å². The largest absolute Gasteiger partial charge is 0.238 e. The Labute approximate surface area is 101 Å². The second-order valence-corrected chi connectivity index (χ2v) is 4.65. The van der Waals surface area contributed by atoms with Gasteiger partial charge in [-0.15, -0.1) is 11.6 Å². The minimum Gasteiger partial charge on any atom is -0.238 e. The number of rotatable bonds is 2. The summed E-state index contributed by atoms with van der Waals surface area (Å²) in [6, 6.07) is 8.20. The van der Waals surface area contributed by atoms with E-state index in [0.29, 0.717) is 0 Å². The van der Waals surface area contributed by atoms with E-state index < -0.39 is 0 Å². The molecule has 1 aromatic heterocycles. The zero-order valence-electron chi connectivity index (χ0n) is 9.74. The summed E-state index contributed by atoms with van der Waals surface area (Å²) >= 11 is 6.10. The third-order valence-corrected chi connectivity index (χ3v) is 3.06. The molecule has 1 atom stereocenters. The molecule has 2 rings (SSSR count). The summed E-state index contributed by atoms with van der Waals surface area (Å²) in [6.45, 7) is 6.10. The molecule has 1 unspecified atom stereocenters. The van der Waals surface area contributed by atoms with Gasteiger partial charge < -0.3 is 0 Å². The van der Waals surface area contributed by atoms with Gasteiger partial charge in [0.25, 0.3) is 0 Å².